The van der Waals surface area contributed by atoms with Crippen molar-refractivity contribution >= 4 is 31.5 Å². The molecular formula is C10H10ClF2NO4S2. The van der Waals surface area contributed by atoms with E-state index in [0.29, 0.717) is 12.1 Å². The molecule has 1 aliphatic rings. The minimum absolute atomic E-state index is 0.334. The first kappa shape index (κ1) is 15.6. The van der Waals surface area contributed by atoms with Crippen molar-refractivity contribution in [3.05, 3.63) is 29.8 Å². The molecule has 1 aromatic carbocycles. The third-order valence-corrected chi connectivity index (χ3v) is 6.65. The third kappa shape index (κ3) is 3.27. The van der Waals surface area contributed by atoms with Gasteiger partial charge in [0.15, 0.2) is 21.5 Å². The molecule has 2 rings (SSSR count). The van der Waals surface area contributed by atoms with E-state index in [1.54, 1.807) is 0 Å². The molecule has 20 heavy (non-hydrogen) atoms. The van der Waals surface area contributed by atoms with Crippen LogP contribution in [0.5, 0.6) is 0 Å². The highest BCUT2D eigenvalue weighted by atomic mass is 35.5. The van der Waals surface area contributed by atoms with E-state index in [2.05, 4.69) is 4.72 Å². The first-order valence-electron chi connectivity index (χ1n) is 5.42. The maximum atomic E-state index is 13.0. The van der Waals surface area contributed by atoms with Gasteiger partial charge in [0, 0.05) is 0 Å². The number of hydrogen-bond donors (Lipinski definition) is 1. The Kier molecular flexibility index (Phi) is 4.07. The van der Waals surface area contributed by atoms with E-state index >= 15 is 0 Å². The monoisotopic (exact) mass is 345 g/mol. The largest absolute Gasteiger partial charge is 0.241 e. The van der Waals surface area contributed by atoms with Crippen molar-refractivity contribution in [1.82, 2.24) is 4.72 Å². The number of hydrogen-bond acceptors (Lipinski definition) is 4. The molecule has 1 heterocycles. The molecule has 10 heteroatoms. The van der Waals surface area contributed by atoms with Gasteiger partial charge in [0.2, 0.25) is 10.0 Å². The second-order valence-corrected chi connectivity index (χ2v) is 8.82. The summed E-state index contributed by atoms with van der Waals surface area (Å²) in [6.45, 7) is 0. The normalized spacial score (nSPS) is 25.8. The van der Waals surface area contributed by atoms with Crippen LogP contribution in [0, 0.1) is 11.6 Å². The zero-order valence-corrected chi connectivity index (χ0v) is 12.3. The molecule has 0 aromatic heterocycles. The highest BCUT2D eigenvalue weighted by Crippen LogP contribution is 2.21. The minimum Gasteiger partial charge on any atom is -0.229 e. The van der Waals surface area contributed by atoms with Crippen molar-refractivity contribution in [3.63, 3.8) is 0 Å². The zero-order chi connectivity index (χ0) is 15.1. The van der Waals surface area contributed by atoms with E-state index < -0.39 is 53.6 Å². The van der Waals surface area contributed by atoms with Gasteiger partial charge in [-0.2, -0.15) is 0 Å². The predicted octanol–water partition coefficient (Wildman–Crippen LogP) is 0.648. The number of alkyl halides is 1. The summed E-state index contributed by atoms with van der Waals surface area (Å²) in [6.07, 6.45) is 0. The Balaban J connectivity index is 2.26. The number of sulfone groups is 1. The van der Waals surface area contributed by atoms with Crippen molar-refractivity contribution in [2.45, 2.75) is 16.3 Å². The summed E-state index contributed by atoms with van der Waals surface area (Å²) in [5, 5.41) is -0.903. The van der Waals surface area contributed by atoms with Gasteiger partial charge < -0.3 is 0 Å². The van der Waals surface area contributed by atoms with Crippen LogP contribution in [0.25, 0.3) is 0 Å². The molecule has 1 N–H and O–H groups in total. The Morgan fingerprint density at radius 2 is 1.85 bits per heavy atom. The van der Waals surface area contributed by atoms with Crippen molar-refractivity contribution < 1.29 is 25.6 Å². The average molecular weight is 346 g/mol. The maximum Gasteiger partial charge on any atom is 0.241 e. The fourth-order valence-corrected chi connectivity index (χ4v) is 5.84. The summed E-state index contributed by atoms with van der Waals surface area (Å²) >= 11 is 5.77. The summed E-state index contributed by atoms with van der Waals surface area (Å²) < 4.78 is 74.5. The molecule has 1 saturated heterocycles. The quantitative estimate of drug-likeness (QED) is 0.816. The molecule has 0 amide bonds. The van der Waals surface area contributed by atoms with Crippen molar-refractivity contribution in [3.8, 4) is 0 Å². The highest BCUT2D eigenvalue weighted by Gasteiger charge is 2.39. The number of nitrogens with one attached hydrogen (secondary N) is 1. The maximum absolute atomic E-state index is 13.0. The van der Waals surface area contributed by atoms with Crippen molar-refractivity contribution in [2.75, 3.05) is 11.5 Å². The van der Waals surface area contributed by atoms with Crippen molar-refractivity contribution in [1.29, 1.82) is 0 Å². The number of rotatable bonds is 3. The predicted molar refractivity (Wildman–Crippen MR) is 68.8 cm³/mol. The molecule has 0 saturated carbocycles. The highest BCUT2D eigenvalue weighted by molar-refractivity contribution is 7.92. The standard InChI is InChI=1S/C10H10ClF2NO4S2/c11-7-4-19(15,16)5-10(7)14-20(17,18)6-1-2-8(12)9(13)3-6/h1-3,7,10,14H,4-5H2. The fourth-order valence-electron chi connectivity index (χ4n) is 1.82. The van der Waals surface area contributed by atoms with Gasteiger partial charge in [-0.25, -0.2) is 30.3 Å². The van der Waals surface area contributed by atoms with Gasteiger partial charge in [0.05, 0.1) is 27.8 Å². The van der Waals surface area contributed by atoms with Crippen LogP contribution in [0.15, 0.2) is 23.1 Å². The van der Waals surface area contributed by atoms with Crippen LogP contribution in [-0.2, 0) is 19.9 Å². The molecule has 2 atom stereocenters. The van der Waals surface area contributed by atoms with Crippen LogP contribution in [0.3, 0.4) is 0 Å². The van der Waals surface area contributed by atoms with Gasteiger partial charge in [-0.05, 0) is 18.2 Å². The van der Waals surface area contributed by atoms with E-state index in [0.717, 1.165) is 6.07 Å². The first-order chi connectivity index (χ1) is 9.11. The first-order valence-corrected chi connectivity index (χ1v) is 9.17. The molecule has 112 valence electrons. The van der Waals surface area contributed by atoms with E-state index in [1.807, 2.05) is 0 Å². The Morgan fingerprint density at radius 1 is 1.20 bits per heavy atom. The van der Waals surface area contributed by atoms with Gasteiger partial charge in [-0.3, -0.25) is 0 Å². The third-order valence-electron chi connectivity index (χ3n) is 2.79. The summed E-state index contributed by atoms with van der Waals surface area (Å²) in [5.41, 5.74) is 0. The summed E-state index contributed by atoms with van der Waals surface area (Å²) in [4.78, 5) is -0.496. The lowest BCUT2D eigenvalue weighted by Crippen LogP contribution is -2.40. The summed E-state index contributed by atoms with van der Waals surface area (Å²) in [6, 6.07) is 1.07. The molecular weight excluding hydrogens is 336 g/mol. The Labute approximate surface area is 119 Å². The average Bonchev–Trinajstić information content (AvgIpc) is 2.54. The molecule has 5 nitrogen and oxygen atoms in total. The Hall–Kier alpha value is -0.770. The molecule has 0 spiro atoms. The fraction of sp³-hybridized carbons (Fsp3) is 0.400. The summed E-state index contributed by atoms with van der Waals surface area (Å²) in [5.74, 6) is -3.25. The molecule has 2 unspecified atom stereocenters. The lowest BCUT2D eigenvalue weighted by Gasteiger charge is -2.14. The van der Waals surface area contributed by atoms with Gasteiger partial charge in [0.1, 0.15) is 0 Å². The molecule has 1 aliphatic heterocycles. The van der Waals surface area contributed by atoms with Gasteiger partial charge >= 0.3 is 0 Å². The number of sulfonamides is 1. The Bertz CT molecular complexity index is 736. The Morgan fingerprint density at radius 3 is 2.35 bits per heavy atom. The van der Waals surface area contributed by atoms with E-state index in [1.165, 1.54) is 0 Å². The van der Waals surface area contributed by atoms with Crippen LogP contribution in [0.4, 0.5) is 8.78 Å². The van der Waals surface area contributed by atoms with Crippen LogP contribution in [-0.4, -0.2) is 39.8 Å². The molecule has 1 fully saturated rings. The van der Waals surface area contributed by atoms with Gasteiger partial charge in [0.25, 0.3) is 0 Å². The van der Waals surface area contributed by atoms with Crippen LogP contribution in [0.1, 0.15) is 0 Å². The second-order valence-electron chi connectivity index (χ2n) is 4.40. The zero-order valence-electron chi connectivity index (χ0n) is 9.88. The number of halogens is 3. The summed E-state index contributed by atoms with van der Waals surface area (Å²) in [7, 11) is -7.58. The minimum atomic E-state index is -4.17. The SMILES string of the molecule is O=S1(=O)CC(Cl)C(NS(=O)(=O)c2ccc(F)c(F)c2)C1. The topological polar surface area (TPSA) is 80.3 Å². The van der Waals surface area contributed by atoms with Crippen molar-refractivity contribution in [2.24, 2.45) is 0 Å². The lowest BCUT2D eigenvalue weighted by molar-refractivity contribution is 0.503. The van der Waals surface area contributed by atoms with E-state index in [9.17, 15) is 25.6 Å². The van der Waals surface area contributed by atoms with E-state index in [-0.39, 0.29) is 5.75 Å². The smallest absolute Gasteiger partial charge is 0.229 e. The van der Waals surface area contributed by atoms with Crippen LogP contribution < -0.4 is 4.72 Å². The van der Waals surface area contributed by atoms with Gasteiger partial charge in [-0.15, -0.1) is 11.6 Å². The van der Waals surface area contributed by atoms with E-state index in [4.69, 9.17) is 11.6 Å². The van der Waals surface area contributed by atoms with Gasteiger partial charge in [-0.1, -0.05) is 0 Å². The van der Waals surface area contributed by atoms with Crippen LogP contribution in [0.2, 0.25) is 0 Å². The molecule has 1 aromatic rings. The number of benzene rings is 1. The second kappa shape index (κ2) is 5.21. The molecule has 0 bridgehead atoms. The molecule has 0 aliphatic carbocycles. The molecule has 0 radical (unpaired) electrons. The lowest BCUT2D eigenvalue weighted by atomic mass is 10.3. The van der Waals surface area contributed by atoms with Crippen LogP contribution >= 0.6 is 11.6 Å².